The zero-order valence-corrected chi connectivity index (χ0v) is 20.4. The van der Waals surface area contributed by atoms with E-state index in [2.05, 4.69) is 105 Å². The summed E-state index contributed by atoms with van der Waals surface area (Å²) >= 11 is 0. The first-order valence-electron chi connectivity index (χ1n) is 12.1. The van der Waals surface area contributed by atoms with Crippen molar-refractivity contribution in [2.24, 2.45) is 5.92 Å². The molecular weight excluding hydrogens is 392 g/mol. The molecule has 1 aliphatic carbocycles. The molecule has 170 valence electrons. The molecule has 0 saturated heterocycles. The van der Waals surface area contributed by atoms with Gasteiger partial charge in [-0.15, -0.1) is 0 Å². The first-order valence-corrected chi connectivity index (χ1v) is 12.1. The van der Waals surface area contributed by atoms with Gasteiger partial charge >= 0.3 is 0 Å². The molecule has 0 radical (unpaired) electrons. The van der Waals surface area contributed by atoms with Gasteiger partial charge in [-0.2, -0.15) is 0 Å². The molecule has 3 rings (SSSR count). The van der Waals surface area contributed by atoms with Crippen LogP contribution in [0.1, 0.15) is 58.6 Å². The minimum absolute atomic E-state index is 0.198. The summed E-state index contributed by atoms with van der Waals surface area (Å²) < 4.78 is 0. The number of ketones is 1. The van der Waals surface area contributed by atoms with Gasteiger partial charge < -0.3 is 9.80 Å². The maximum absolute atomic E-state index is 13.3. The number of benzene rings is 2. The molecule has 0 atom stereocenters. The van der Waals surface area contributed by atoms with E-state index in [0.29, 0.717) is 5.92 Å². The lowest BCUT2D eigenvalue weighted by atomic mass is 9.81. The molecular formula is C29H38N2O. The molecule has 1 saturated carbocycles. The fourth-order valence-corrected chi connectivity index (χ4v) is 4.61. The van der Waals surface area contributed by atoms with Gasteiger partial charge in [-0.05, 0) is 94.0 Å². The maximum atomic E-state index is 13.3. The molecule has 0 aromatic heterocycles. The SMILES string of the molecule is CCN(CC)c1ccc(C=C2CC(C)CC(=Cc3ccc(N(CC)CC)cc3)C2=O)cc1. The monoisotopic (exact) mass is 430 g/mol. The van der Waals surface area contributed by atoms with Crippen LogP contribution in [0.3, 0.4) is 0 Å². The van der Waals surface area contributed by atoms with Crippen LogP contribution in [0.25, 0.3) is 12.2 Å². The Bertz CT molecular complexity index is 868. The number of hydrogen-bond donors (Lipinski definition) is 0. The number of carbonyl (C=O) groups excluding carboxylic acids is 1. The first-order chi connectivity index (χ1) is 15.5. The highest BCUT2D eigenvalue weighted by Gasteiger charge is 2.25. The van der Waals surface area contributed by atoms with Crippen LogP contribution in [-0.4, -0.2) is 32.0 Å². The largest absolute Gasteiger partial charge is 0.372 e. The number of carbonyl (C=O) groups is 1. The third-order valence-corrected chi connectivity index (χ3v) is 6.45. The van der Waals surface area contributed by atoms with E-state index in [9.17, 15) is 4.79 Å². The molecule has 0 unspecified atom stereocenters. The number of anilines is 2. The molecule has 32 heavy (non-hydrogen) atoms. The zero-order valence-electron chi connectivity index (χ0n) is 20.4. The second kappa shape index (κ2) is 11.2. The summed E-state index contributed by atoms with van der Waals surface area (Å²) in [5.41, 5.74) is 6.50. The second-order valence-corrected chi connectivity index (χ2v) is 8.71. The van der Waals surface area contributed by atoms with E-state index < -0.39 is 0 Å². The smallest absolute Gasteiger partial charge is 0.185 e. The maximum Gasteiger partial charge on any atom is 0.185 e. The van der Waals surface area contributed by atoms with Gasteiger partial charge in [-0.3, -0.25) is 4.79 Å². The molecule has 3 nitrogen and oxygen atoms in total. The summed E-state index contributed by atoms with van der Waals surface area (Å²) in [7, 11) is 0. The van der Waals surface area contributed by atoms with Gasteiger partial charge in [0.05, 0.1) is 0 Å². The van der Waals surface area contributed by atoms with Crippen molar-refractivity contribution in [3.05, 3.63) is 70.8 Å². The van der Waals surface area contributed by atoms with E-state index in [1.54, 1.807) is 0 Å². The van der Waals surface area contributed by atoms with Gasteiger partial charge in [-0.1, -0.05) is 31.2 Å². The third-order valence-electron chi connectivity index (χ3n) is 6.45. The first kappa shape index (κ1) is 23.8. The molecule has 3 heteroatoms. The number of rotatable bonds is 8. The lowest BCUT2D eigenvalue weighted by Gasteiger charge is -2.23. The van der Waals surface area contributed by atoms with E-state index in [1.165, 1.54) is 11.4 Å². The van der Waals surface area contributed by atoms with E-state index >= 15 is 0 Å². The summed E-state index contributed by atoms with van der Waals surface area (Å²) in [6.45, 7) is 14.9. The average molecular weight is 431 g/mol. The van der Waals surface area contributed by atoms with Crippen molar-refractivity contribution in [2.75, 3.05) is 36.0 Å². The number of Topliss-reactive ketones (excluding diaryl/α,β-unsaturated/α-hetero) is 1. The fraction of sp³-hybridized carbons (Fsp3) is 0.414. The van der Waals surface area contributed by atoms with Crippen LogP contribution in [0.15, 0.2) is 59.7 Å². The number of hydrogen-bond acceptors (Lipinski definition) is 3. The van der Waals surface area contributed by atoms with Gasteiger partial charge in [0.15, 0.2) is 5.78 Å². The third kappa shape index (κ3) is 5.70. The molecule has 0 amide bonds. The Labute approximate surface area is 194 Å². The van der Waals surface area contributed by atoms with E-state index in [1.807, 2.05) is 0 Å². The summed E-state index contributed by atoms with van der Waals surface area (Å²) in [6, 6.07) is 17.1. The standard InChI is InChI=1S/C29H38N2O/c1-6-30(7-2)27-14-10-23(11-15-27)20-25-18-22(5)19-26(29(25)32)21-24-12-16-28(17-13-24)31(8-3)9-4/h10-17,20-22H,6-9,18-19H2,1-5H3. The van der Waals surface area contributed by atoms with Gasteiger partial charge in [0.1, 0.15) is 0 Å². The van der Waals surface area contributed by atoms with E-state index in [0.717, 1.165) is 61.3 Å². The van der Waals surface area contributed by atoms with E-state index in [-0.39, 0.29) is 5.78 Å². The summed E-state index contributed by atoms with van der Waals surface area (Å²) in [5, 5.41) is 0. The van der Waals surface area contributed by atoms with Crippen LogP contribution in [0, 0.1) is 5.92 Å². The predicted molar refractivity (Wildman–Crippen MR) is 139 cm³/mol. The van der Waals surface area contributed by atoms with Crippen LogP contribution < -0.4 is 9.80 Å². The Morgan fingerprint density at radius 2 is 1.03 bits per heavy atom. The molecule has 1 aliphatic rings. The van der Waals surface area contributed by atoms with Gasteiger partial charge in [-0.25, -0.2) is 0 Å². The normalized spacial score (nSPS) is 18.9. The van der Waals surface area contributed by atoms with Crippen LogP contribution in [-0.2, 0) is 4.79 Å². The molecule has 0 spiro atoms. The molecule has 0 aliphatic heterocycles. The van der Waals surface area contributed by atoms with Crippen molar-refractivity contribution in [1.29, 1.82) is 0 Å². The molecule has 0 bridgehead atoms. The molecule has 2 aromatic carbocycles. The Morgan fingerprint density at radius 3 is 1.34 bits per heavy atom. The van der Waals surface area contributed by atoms with Crippen molar-refractivity contribution in [3.8, 4) is 0 Å². The van der Waals surface area contributed by atoms with E-state index in [4.69, 9.17) is 0 Å². The van der Waals surface area contributed by atoms with Crippen LogP contribution >= 0.6 is 0 Å². The Hall–Kier alpha value is -2.81. The average Bonchev–Trinajstić information content (AvgIpc) is 2.80. The lowest BCUT2D eigenvalue weighted by molar-refractivity contribution is -0.113. The number of nitrogens with zero attached hydrogens (tertiary/aromatic N) is 2. The number of allylic oxidation sites excluding steroid dienone is 2. The Balaban J connectivity index is 1.81. The van der Waals surface area contributed by atoms with Crippen molar-refractivity contribution in [2.45, 2.75) is 47.5 Å². The highest BCUT2D eigenvalue weighted by molar-refractivity contribution is 6.14. The predicted octanol–water partition coefficient (Wildman–Crippen LogP) is 6.85. The van der Waals surface area contributed by atoms with Crippen molar-refractivity contribution in [1.82, 2.24) is 0 Å². The Kier molecular flexibility index (Phi) is 8.33. The lowest BCUT2D eigenvalue weighted by Crippen LogP contribution is -2.21. The van der Waals surface area contributed by atoms with Gasteiger partial charge in [0.25, 0.3) is 0 Å². The summed E-state index contributed by atoms with van der Waals surface area (Å²) in [5.74, 6) is 0.666. The molecule has 0 heterocycles. The van der Waals surface area contributed by atoms with Crippen molar-refractivity contribution < 1.29 is 4.79 Å². The van der Waals surface area contributed by atoms with Crippen LogP contribution in [0.2, 0.25) is 0 Å². The van der Waals surface area contributed by atoms with Crippen LogP contribution in [0.5, 0.6) is 0 Å². The van der Waals surface area contributed by atoms with Crippen molar-refractivity contribution >= 4 is 29.3 Å². The Morgan fingerprint density at radius 1 is 0.688 bits per heavy atom. The highest BCUT2D eigenvalue weighted by Crippen LogP contribution is 2.32. The molecule has 0 N–H and O–H groups in total. The summed E-state index contributed by atoms with van der Waals surface area (Å²) in [4.78, 5) is 17.9. The summed E-state index contributed by atoms with van der Waals surface area (Å²) in [6.07, 6.45) is 5.85. The van der Waals surface area contributed by atoms with Gasteiger partial charge in [0.2, 0.25) is 0 Å². The molecule has 2 aromatic rings. The quantitative estimate of drug-likeness (QED) is 0.428. The zero-order chi connectivity index (χ0) is 23.1. The van der Waals surface area contributed by atoms with Crippen molar-refractivity contribution in [3.63, 3.8) is 0 Å². The topological polar surface area (TPSA) is 23.6 Å². The fourth-order valence-electron chi connectivity index (χ4n) is 4.61. The minimum Gasteiger partial charge on any atom is -0.372 e. The minimum atomic E-state index is 0.198. The highest BCUT2D eigenvalue weighted by atomic mass is 16.1. The van der Waals surface area contributed by atoms with Crippen LogP contribution in [0.4, 0.5) is 11.4 Å². The second-order valence-electron chi connectivity index (χ2n) is 8.71. The molecule has 1 fully saturated rings. The van der Waals surface area contributed by atoms with Gasteiger partial charge in [0, 0.05) is 48.7 Å².